The number of fused-ring (bicyclic) bond motifs is 1. The van der Waals surface area contributed by atoms with Crippen LogP contribution in [-0.2, 0) is 6.18 Å². The molecule has 7 heteroatoms. The van der Waals surface area contributed by atoms with Crippen molar-refractivity contribution in [2.45, 2.75) is 13.1 Å². The maximum atomic E-state index is 13.2. The number of benzene rings is 1. The molecule has 3 nitrogen and oxygen atoms in total. The van der Waals surface area contributed by atoms with Gasteiger partial charge in [0.2, 0.25) is 0 Å². The standard InChI is InChI=1S/C14H9ClF3N3/c1-8-3-2-4-10(13(8)14(16,17)18)11-5-12-19-6-9(15)7-21(12)20-11/h2-7H,1H3. The highest BCUT2D eigenvalue weighted by molar-refractivity contribution is 6.30. The molecule has 0 fully saturated rings. The minimum Gasteiger partial charge on any atom is -0.235 e. The molecule has 2 heterocycles. The third kappa shape index (κ3) is 2.47. The average molecular weight is 312 g/mol. The summed E-state index contributed by atoms with van der Waals surface area (Å²) in [4.78, 5) is 4.03. The van der Waals surface area contributed by atoms with Crippen molar-refractivity contribution in [1.82, 2.24) is 14.6 Å². The fourth-order valence-corrected chi connectivity index (χ4v) is 2.38. The summed E-state index contributed by atoms with van der Waals surface area (Å²) < 4.78 is 41.1. The normalized spacial score (nSPS) is 12.0. The van der Waals surface area contributed by atoms with Crippen LogP contribution in [0.5, 0.6) is 0 Å². The molecule has 0 aliphatic heterocycles. The van der Waals surface area contributed by atoms with Crippen LogP contribution < -0.4 is 0 Å². The van der Waals surface area contributed by atoms with Gasteiger partial charge in [-0.05, 0) is 12.5 Å². The molecule has 0 radical (unpaired) electrons. The molecule has 0 saturated carbocycles. The van der Waals surface area contributed by atoms with Crippen molar-refractivity contribution >= 4 is 17.2 Å². The van der Waals surface area contributed by atoms with Crippen LogP contribution in [0.4, 0.5) is 13.2 Å². The van der Waals surface area contributed by atoms with E-state index in [0.29, 0.717) is 10.7 Å². The molecular weight excluding hydrogens is 303 g/mol. The molecule has 21 heavy (non-hydrogen) atoms. The van der Waals surface area contributed by atoms with E-state index in [0.717, 1.165) is 0 Å². The molecule has 0 aliphatic carbocycles. The fourth-order valence-electron chi connectivity index (χ4n) is 2.24. The molecule has 0 N–H and O–H groups in total. The zero-order valence-electron chi connectivity index (χ0n) is 10.8. The van der Waals surface area contributed by atoms with Crippen LogP contribution in [-0.4, -0.2) is 14.6 Å². The zero-order valence-corrected chi connectivity index (χ0v) is 11.6. The smallest absolute Gasteiger partial charge is 0.235 e. The van der Waals surface area contributed by atoms with E-state index >= 15 is 0 Å². The molecule has 0 bridgehead atoms. The van der Waals surface area contributed by atoms with Crippen molar-refractivity contribution < 1.29 is 13.2 Å². The highest BCUT2D eigenvalue weighted by Gasteiger charge is 2.35. The molecular formula is C14H9ClF3N3. The quantitative estimate of drug-likeness (QED) is 0.667. The Bertz CT molecular complexity index is 824. The summed E-state index contributed by atoms with van der Waals surface area (Å²) in [7, 11) is 0. The number of nitrogens with zero attached hydrogens (tertiary/aromatic N) is 3. The van der Waals surface area contributed by atoms with Crippen LogP contribution in [0.15, 0.2) is 36.7 Å². The number of hydrogen-bond acceptors (Lipinski definition) is 2. The Kier molecular flexibility index (Phi) is 3.13. The second-order valence-corrected chi connectivity index (χ2v) is 5.04. The van der Waals surface area contributed by atoms with Gasteiger partial charge in [0.1, 0.15) is 0 Å². The van der Waals surface area contributed by atoms with Gasteiger partial charge in [0.25, 0.3) is 0 Å². The van der Waals surface area contributed by atoms with E-state index in [1.165, 1.54) is 42.0 Å². The molecule has 0 atom stereocenters. The van der Waals surface area contributed by atoms with Gasteiger partial charge in [-0.25, -0.2) is 9.50 Å². The van der Waals surface area contributed by atoms with Crippen molar-refractivity contribution in [3.8, 4) is 11.3 Å². The Morgan fingerprint density at radius 2 is 2.00 bits per heavy atom. The molecule has 0 amide bonds. The zero-order chi connectivity index (χ0) is 15.2. The molecule has 0 unspecified atom stereocenters. The second kappa shape index (κ2) is 4.73. The van der Waals surface area contributed by atoms with E-state index in [1.54, 1.807) is 6.07 Å². The number of aryl methyl sites for hydroxylation is 1. The highest BCUT2D eigenvalue weighted by atomic mass is 35.5. The van der Waals surface area contributed by atoms with Gasteiger partial charge in [-0.15, -0.1) is 0 Å². The van der Waals surface area contributed by atoms with Gasteiger partial charge >= 0.3 is 6.18 Å². The Morgan fingerprint density at radius 3 is 2.71 bits per heavy atom. The largest absolute Gasteiger partial charge is 0.417 e. The van der Waals surface area contributed by atoms with E-state index in [-0.39, 0.29) is 16.8 Å². The van der Waals surface area contributed by atoms with Crippen molar-refractivity contribution in [2.75, 3.05) is 0 Å². The number of alkyl halides is 3. The Morgan fingerprint density at radius 1 is 1.24 bits per heavy atom. The molecule has 108 valence electrons. The van der Waals surface area contributed by atoms with Crippen LogP contribution in [0.25, 0.3) is 16.9 Å². The van der Waals surface area contributed by atoms with Crippen LogP contribution in [0.1, 0.15) is 11.1 Å². The van der Waals surface area contributed by atoms with Crippen molar-refractivity contribution in [3.63, 3.8) is 0 Å². The van der Waals surface area contributed by atoms with E-state index < -0.39 is 11.7 Å². The Balaban J connectivity index is 2.25. The summed E-state index contributed by atoms with van der Waals surface area (Å²) in [5, 5.41) is 4.49. The first kappa shape index (κ1) is 13.9. The van der Waals surface area contributed by atoms with E-state index in [1.807, 2.05) is 0 Å². The molecule has 3 aromatic rings. The summed E-state index contributed by atoms with van der Waals surface area (Å²) in [6, 6.07) is 5.90. The Hall–Kier alpha value is -2.08. The lowest BCUT2D eigenvalue weighted by Gasteiger charge is -2.13. The fraction of sp³-hybridized carbons (Fsp3) is 0.143. The summed E-state index contributed by atoms with van der Waals surface area (Å²) in [6.07, 6.45) is -1.53. The molecule has 0 saturated heterocycles. The van der Waals surface area contributed by atoms with Crippen molar-refractivity contribution in [3.05, 3.63) is 52.8 Å². The minimum absolute atomic E-state index is 0.0316. The highest BCUT2D eigenvalue weighted by Crippen LogP contribution is 2.38. The van der Waals surface area contributed by atoms with Crippen molar-refractivity contribution in [2.24, 2.45) is 0 Å². The van der Waals surface area contributed by atoms with Gasteiger partial charge in [0.15, 0.2) is 5.65 Å². The van der Waals surface area contributed by atoms with Gasteiger partial charge in [0.05, 0.1) is 22.5 Å². The van der Waals surface area contributed by atoms with Gasteiger partial charge in [0, 0.05) is 17.8 Å². The molecule has 3 rings (SSSR count). The van der Waals surface area contributed by atoms with E-state index in [9.17, 15) is 13.2 Å². The minimum atomic E-state index is -4.44. The number of aromatic nitrogens is 3. The summed E-state index contributed by atoms with van der Waals surface area (Å²) in [6.45, 7) is 1.43. The average Bonchev–Trinajstić information content (AvgIpc) is 2.79. The first-order valence-electron chi connectivity index (χ1n) is 6.04. The summed E-state index contributed by atoms with van der Waals surface area (Å²) >= 11 is 5.80. The molecule has 2 aromatic heterocycles. The van der Waals surface area contributed by atoms with E-state index in [2.05, 4.69) is 10.1 Å². The second-order valence-electron chi connectivity index (χ2n) is 4.60. The monoisotopic (exact) mass is 311 g/mol. The predicted octanol–water partition coefficient (Wildman–Crippen LogP) is 4.38. The maximum Gasteiger partial charge on any atom is 0.417 e. The summed E-state index contributed by atoms with van der Waals surface area (Å²) in [5.74, 6) is 0. The number of hydrogen-bond donors (Lipinski definition) is 0. The molecule has 0 aliphatic rings. The SMILES string of the molecule is Cc1cccc(-c2cc3ncc(Cl)cn3n2)c1C(F)(F)F. The van der Waals surface area contributed by atoms with E-state index in [4.69, 9.17) is 11.6 Å². The van der Waals surface area contributed by atoms with Crippen LogP contribution in [0, 0.1) is 6.92 Å². The van der Waals surface area contributed by atoms with Gasteiger partial charge in [-0.3, -0.25) is 0 Å². The van der Waals surface area contributed by atoms with Gasteiger partial charge in [-0.1, -0.05) is 29.8 Å². The Labute approximate surface area is 123 Å². The molecule has 1 aromatic carbocycles. The van der Waals surface area contributed by atoms with Crippen molar-refractivity contribution in [1.29, 1.82) is 0 Å². The topological polar surface area (TPSA) is 30.2 Å². The maximum absolute atomic E-state index is 13.2. The van der Waals surface area contributed by atoms with Crippen LogP contribution >= 0.6 is 11.6 Å². The lowest BCUT2D eigenvalue weighted by atomic mass is 9.99. The first-order chi connectivity index (χ1) is 9.86. The lowest BCUT2D eigenvalue weighted by Crippen LogP contribution is -2.09. The van der Waals surface area contributed by atoms with Crippen LogP contribution in [0.3, 0.4) is 0 Å². The number of halogens is 4. The third-order valence-electron chi connectivity index (χ3n) is 3.11. The van der Waals surface area contributed by atoms with Gasteiger partial charge in [-0.2, -0.15) is 18.3 Å². The van der Waals surface area contributed by atoms with Gasteiger partial charge < -0.3 is 0 Å². The molecule has 0 spiro atoms. The first-order valence-corrected chi connectivity index (χ1v) is 6.42. The van der Waals surface area contributed by atoms with Crippen LogP contribution in [0.2, 0.25) is 5.02 Å². The summed E-state index contributed by atoms with van der Waals surface area (Å²) in [5.41, 5.74) is 0.150. The lowest BCUT2D eigenvalue weighted by molar-refractivity contribution is -0.137. The third-order valence-corrected chi connectivity index (χ3v) is 3.31. The number of rotatable bonds is 1. The predicted molar refractivity (Wildman–Crippen MR) is 73.2 cm³/mol.